The fraction of sp³-hybridized carbons (Fsp3) is 0.450. The fourth-order valence-electron chi connectivity index (χ4n) is 2.43. The number of halogens is 1. The average Bonchev–Trinajstić information content (AvgIpc) is 3.13. The molecule has 0 fully saturated rings. The molecule has 1 heterocycles. The third kappa shape index (κ3) is 8.94. The Morgan fingerprint density at radius 1 is 1.19 bits per heavy atom. The van der Waals surface area contributed by atoms with Gasteiger partial charge in [0.1, 0.15) is 5.75 Å². The summed E-state index contributed by atoms with van der Waals surface area (Å²) < 4.78 is 5.63. The van der Waals surface area contributed by atoms with Crippen LogP contribution >= 0.6 is 35.3 Å². The lowest BCUT2D eigenvalue weighted by molar-refractivity contribution is 0.186. The number of guanidine groups is 1. The molecule has 0 radical (unpaired) electrons. The number of aliphatic hydroxyl groups excluding tert-OH is 1. The normalized spacial score (nSPS) is 12.4. The standard InChI is InChI=1S/C20H29N3O2S.HI/c1-4-21-20(22-11-9-16-10-12-26-14-16)23-13-19(24)17-5-7-18(8-6-17)25-15(2)3;/h5-8,10,12,14-15,19,24H,4,9,11,13H2,1-3H3,(H2,21,22,23);1H. The van der Waals surface area contributed by atoms with Crippen molar-refractivity contribution in [3.05, 3.63) is 52.2 Å². The minimum atomic E-state index is -0.643. The van der Waals surface area contributed by atoms with Gasteiger partial charge < -0.3 is 20.5 Å². The first-order chi connectivity index (χ1) is 12.6. The Bertz CT molecular complexity index is 660. The number of aliphatic imine (C=N–C) groups is 1. The van der Waals surface area contributed by atoms with Crippen LogP contribution in [0.15, 0.2) is 46.1 Å². The molecule has 27 heavy (non-hydrogen) atoms. The summed E-state index contributed by atoms with van der Waals surface area (Å²) in [5.74, 6) is 1.53. The van der Waals surface area contributed by atoms with E-state index in [1.54, 1.807) is 11.3 Å². The van der Waals surface area contributed by atoms with Crippen molar-refractivity contribution >= 4 is 41.3 Å². The molecule has 0 saturated heterocycles. The van der Waals surface area contributed by atoms with E-state index in [9.17, 15) is 5.11 Å². The highest BCUT2D eigenvalue weighted by atomic mass is 127. The number of ether oxygens (including phenoxy) is 1. The predicted octanol–water partition coefficient (Wildman–Crippen LogP) is 3.98. The van der Waals surface area contributed by atoms with Crippen LogP contribution in [0.25, 0.3) is 0 Å². The molecule has 0 spiro atoms. The Labute approximate surface area is 183 Å². The smallest absolute Gasteiger partial charge is 0.191 e. The van der Waals surface area contributed by atoms with E-state index in [1.807, 2.05) is 45.0 Å². The lowest BCUT2D eigenvalue weighted by atomic mass is 10.1. The maximum Gasteiger partial charge on any atom is 0.191 e. The minimum Gasteiger partial charge on any atom is -0.491 e. The van der Waals surface area contributed by atoms with Crippen LogP contribution in [0.3, 0.4) is 0 Å². The highest BCUT2D eigenvalue weighted by Gasteiger charge is 2.08. The molecule has 150 valence electrons. The van der Waals surface area contributed by atoms with Crippen LogP contribution in [-0.4, -0.2) is 36.8 Å². The van der Waals surface area contributed by atoms with Gasteiger partial charge in [0.2, 0.25) is 0 Å². The van der Waals surface area contributed by atoms with E-state index in [1.165, 1.54) is 5.56 Å². The number of nitrogens with zero attached hydrogens (tertiary/aromatic N) is 1. The Morgan fingerprint density at radius 2 is 1.93 bits per heavy atom. The topological polar surface area (TPSA) is 65.9 Å². The van der Waals surface area contributed by atoms with Gasteiger partial charge in [0, 0.05) is 13.1 Å². The molecule has 5 nitrogen and oxygen atoms in total. The molecule has 7 heteroatoms. The van der Waals surface area contributed by atoms with Crippen molar-refractivity contribution in [2.24, 2.45) is 4.99 Å². The Balaban J connectivity index is 0.00000364. The van der Waals surface area contributed by atoms with Gasteiger partial charge in [-0.2, -0.15) is 11.3 Å². The third-order valence-electron chi connectivity index (χ3n) is 3.69. The first kappa shape index (κ1) is 23.7. The summed E-state index contributed by atoms with van der Waals surface area (Å²) in [6.45, 7) is 7.90. The van der Waals surface area contributed by atoms with E-state index in [0.29, 0.717) is 6.54 Å². The maximum atomic E-state index is 10.4. The zero-order chi connectivity index (χ0) is 18.8. The minimum absolute atomic E-state index is 0. The second-order valence-electron chi connectivity index (χ2n) is 6.28. The largest absolute Gasteiger partial charge is 0.491 e. The third-order valence-corrected chi connectivity index (χ3v) is 4.42. The molecule has 0 aliphatic rings. The average molecular weight is 503 g/mol. The molecule has 1 unspecified atom stereocenters. The van der Waals surface area contributed by atoms with Crippen LogP contribution < -0.4 is 15.4 Å². The summed E-state index contributed by atoms with van der Waals surface area (Å²) in [6, 6.07) is 9.66. The number of aliphatic hydroxyl groups is 1. The molecular weight excluding hydrogens is 473 g/mol. The summed E-state index contributed by atoms with van der Waals surface area (Å²) in [5, 5.41) is 21.1. The van der Waals surface area contributed by atoms with Crippen molar-refractivity contribution in [3.8, 4) is 5.75 Å². The van der Waals surface area contributed by atoms with Crippen LogP contribution in [0.1, 0.15) is 38.0 Å². The fourth-order valence-corrected chi connectivity index (χ4v) is 3.13. The van der Waals surface area contributed by atoms with E-state index in [0.717, 1.165) is 36.8 Å². The number of nitrogens with one attached hydrogen (secondary N) is 2. The summed E-state index contributed by atoms with van der Waals surface area (Å²) in [4.78, 5) is 4.50. The van der Waals surface area contributed by atoms with E-state index in [4.69, 9.17) is 4.74 Å². The van der Waals surface area contributed by atoms with Crippen molar-refractivity contribution in [2.45, 2.75) is 39.4 Å². The highest BCUT2D eigenvalue weighted by Crippen LogP contribution is 2.19. The summed E-state index contributed by atoms with van der Waals surface area (Å²) in [6.07, 6.45) is 0.446. The van der Waals surface area contributed by atoms with E-state index >= 15 is 0 Å². The van der Waals surface area contributed by atoms with E-state index in [-0.39, 0.29) is 30.1 Å². The number of rotatable bonds is 9. The first-order valence-electron chi connectivity index (χ1n) is 9.06. The highest BCUT2D eigenvalue weighted by molar-refractivity contribution is 14.0. The SMILES string of the molecule is CCNC(=NCC(O)c1ccc(OC(C)C)cc1)NCCc1ccsc1.I. The Kier molecular flexibility index (Phi) is 11.4. The zero-order valence-corrected chi connectivity index (χ0v) is 19.3. The zero-order valence-electron chi connectivity index (χ0n) is 16.1. The number of hydrogen-bond donors (Lipinski definition) is 3. The van der Waals surface area contributed by atoms with Crippen molar-refractivity contribution in [1.82, 2.24) is 10.6 Å². The van der Waals surface area contributed by atoms with Crippen LogP contribution in [-0.2, 0) is 6.42 Å². The quantitative estimate of drug-likeness (QED) is 0.275. The van der Waals surface area contributed by atoms with Crippen LogP contribution in [0.2, 0.25) is 0 Å². The first-order valence-corrected chi connectivity index (χ1v) is 10.0. The van der Waals surface area contributed by atoms with Crippen molar-refractivity contribution in [1.29, 1.82) is 0 Å². The molecule has 1 atom stereocenters. The van der Waals surface area contributed by atoms with Gasteiger partial charge in [-0.05, 0) is 67.3 Å². The van der Waals surface area contributed by atoms with Gasteiger partial charge in [-0.25, -0.2) is 0 Å². The van der Waals surface area contributed by atoms with Crippen LogP contribution in [0.4, 0.5) is 0 Å². The molecule has 2 aromatic rings. The Hall–Kier alpha value is -1.32. The van der Waals surface area contributed by atoms with Gasteiger partial charge in [0.05, 0.1) is 18.8 Å². The molecule has 2 rings (SSSR count). The van der Waals surface area contributed by atoms with Crippen LogP contribution in [0.5, 0.6) is 5.75 Å². The molecule has 0 saturated carbocycles. The van der Waals surface area contributed by atoms with Gasteiger partial charge in [-0.15, -0.1) is 24.0 Å². The lowest BCUT2D eigenvalue weighted by Crippen LogP contribution is -2.38. The number of thiophene rings is 1. The number of benzene rings is 1. The number of hydrogen-bond acceptors (Lipinski definition) is 4. The summed E-state index contributed by atoms with van der Waals surface area (Å²) in [5.41, 5.74) is 2.15. The molecule has 0 bridgehead atoms. The van der Waals surface area contributed by atoms with Crippen molar-refractivity contribution < 1.29 is 9.84 Å². The monoisotopic (exact) mass is 503 g/mol. The van der Waals surface area contributed by atoms with E-state index in [2.05, 4.69) is 32.5 Å². The van der Waals surface area contributed by atoms with Gasteiger partial charge in [0.15, 0.2) is 5.96 Å². The molecule has 1 aromatic carbocycles. The summed E-state index contributed by atoms with van der Waals surface area (Å²) >= 11 is 1.71. The molecule has 0 aliphatic carbocycles. The second kappa shape index (κ2) is 13.0. The van der Waals surface area contributed by atoms with Gasteiger partial charge >= 0.3 is 0 Å². The lowest BCUT2D eigenvalue weighted by Gasteiger charge is -2.14. The van der Waals surface area contributed by atoms with Crippen molar-refractivity contribution in [2.75, 3.05) is 19.6 Å². The second-order valence-corrected chi connectivity index (χ2v) is 7.06. The molecule has 0 aliphatic heterocycles. The van der Waals surface area contributed by atoms with Gasteiger partial charge in [-0.3, -0.25) is 4.99 Å². The van der Waals surface area contributed by atoms with Gasteiger partial charge in [-0.1, -0.05) is 12.1 Å². The van der Waals surface area contributed by atoms with Crippen molar-refractivity contribution in [3.63, 3.8) is 0 Å². The molecule has 0 amide bonds. The van der Waals surface area contributed by atoms with Crippen LogP contribution in [0, 0.1) is 0 Å². The van der Waals surface area contributed by atoms with Gasteiger partial charge in [0.25, 0.3) is 0 Å². The Morgan fingerprint density at radius 3 is 2.52 bits per heavy atom. The predicted molar refractivity (Wildman–Crippen MR) is 125 cm³/mol. The molecule has 1 aromatic heterocycles. The molecular formula is C20H30IN3O2S. The summed E-state index contributed by atoms with van der Waals surface area (Å²) in [7, 11) is 0. The maximum absolute atomic E-state index is 10.4. The van der Waals surface area contributed by atoms with E-state index < -0.39 is 6.10 Å². The molecule has 3 N–H and O–H groups in total.